The molecule has 1 aromatic carbocycles. The molecule has 0 spiro atoms. The maximum absolute atomic E-state index is 12.0. The molecule has 0 saturated carbocycles. The molecular formula is C13H18N2O3S. The monoisotopic (exact) mass is 282 g/mol. The van der Waals surface area contributed by atoms with E-state index >= 15 is 0 Å². The molecule has 0 heterocycles. The Morgan fingerprint density at radius 1 is 1.47 bits per heavy atom. The van der Waals surface area contributed by atoms with Crippen LogP contribution in [-0.2, 0) is 0 Å². The molecule has 0 fully saturated rings. The number of benzene rings is 1. The van der Waals surface area contributed by atoms with Crippen LogP contribution in [0.5, 0.6) is 11.5 Å². The second kappa shape index (κ2) is 6.38. The van der Waals surface area contributed by atoms with Crippen molar-refractivity contribution < 1.29 is 14.6 Å². The molecule has 0 radical (unpaired) electrons. The van der Waals surface area contributed by atoms with Gasteiger partial charge in [-0.25, -0.2) is 0 Å². The summed E-state index contributed by atoms with van der Waals surface area (Å²) < 4.78 is 4.91. The van der Waals surface area contributed by atoms with Gasteiger partial charge in [0.05, 0.1) is 18.1 Å². The van der Waals surface area contributed by atoms with Crippen molar-refractivity contribution in [3.63, 3.8) is 0 Å². The number of nitrogens with two attached hydrogens (primary N) is 1. The number of nitrogens with one attached hydrogen (secondary N) is 1. The van der Waals surface area contributed by atoms with Gasteiger partial charge in [-0.05, 0) is 24.1 Å². The van der Waals surface area contributed by atoms with Gasteiger partial charge in [0.15, 0.2) is 11.5 Å². The lowest BCUT2D eigenvalue weighted by atomic mass is 10.0. The lowest BCUT2D eigenvalue weighted by molar-refractivity contribution is 0.0939. The van der Waals surface area contributed by atoms with Crippen LogP contribution >= 0.6 is 12.2 Å². The van der Waals surface area contributed by atoms with Crippen LogP contribution < -0.4 is 15.8 Å². The number of aromatic hydroxyl groups is 1. The zero-order valence-electron chi connectivity index (χ0n) is 11.1. The summed E-state index contributed by atoms with van der Waals surface area (Å²) in [5, 5.41) is 12.4. The van der Waals surface area contributed by atoms with Gasteiger partial charge in [-0.1, -0.05) is 26.1 Å². The van der Waals surface area contributed by atoms with Crippen LogP contribution in [0.25, 0.3) is 0 Å². The van der Waals surface area contributed by atoms with Crippen molar-refractivity contribution in [3.05, 3.63) is 23.8 Å². The lowest BCUT2D eigenvalue weighted by Crippen LogP contribution is -2.46. The van der Waals surface area contributed by atoms with Gasteiger partial charge in [-0.3, -0.25) is 4.79 Å². The molecular weight excluding hydrogens is 264 g/mol. The lowest BCUT2D eigenvalue weighted by Gasteiger charge is -2.21. The minimum absolute atomic E-state index is 0.0910. The number of amides is 1. The average Bonchev–Trinajstić information content (AvgIpc) is 2.34. The number of methoxy groups -OCH3 is 1. The molecule has 4 N–H and O–H groups in total. The van der Waals surface area contributed by atoms with E-state index in [1.54, 1.807) is 6.07 Å². The fourth-order valence-corrected chi connectivity index (χ4v) is 1.95. The van der Waals surface area contributed by atoms with Crippen molar-refractivity contribution in [2.24, 2.45) is 11.7 Å². The molecule has 1 rings (SSSR count). The summed E-state index contributed by atoms with van der Waals surface area (Å²) in [5.74, 6) is -0.0318. The molecule has 19 heavy (non-hydrogen) atoms. The third-order valence-electron chi connectivity index (χ3n) is 2.70. The number of hydrogen-bond donors (Lipinski definition) is 3. The van der Waals surface area contributed by atoms with Crippen LogP contribution in [0.15, 0.2) is 18.2 Å². The Balaban J connectivity index is 2.89. The predicted octanol–water partition coefficient (Wildman–Crippen LogP) is 1.44. The highest BCUT2D eigenvalue weighted by atomic mass is 32.1. The number of phenols is 1. The highest BCUT2D eigenvalue weighted by molar-refractivity contribution is 7.80. The number of carbonyl (C=O) groups is 1. The number of ether oxygens (including phenoxy) is 1. The normalized spacial score (nSPS) is 12.0. The minimum Gasteiger partial charge on any atom is -0.504 e. The zero-order valence-corrected chi connectivity index (χ0v) is 12.0. The van der Waals surface area contributed by atoms with E-state index in [1.165, 1.54) is 19.2 Å². The molecule has 6 heteroatoms. The van der Waals surface area contributed by atoms with E-state index in [4.69, 9.17) is 22.7 Å². The molecule has 1 atom stereocenters. The van der Waals surface area contributed by atoms with Crippen LogP contribution in [0.3, 0.4) is 0 Å². The quantitative estimate of drug-likeness (QED) is 0.712. The standard InChI is InChI=1S/C13H18N2O3S/c1-7(2)11(12(14)19)15-13(17)8-4-5-10(18-3)9(16)6-8/h4-7,11,16H,1-3H3,(H2,14,19)(H,15,17). The van der Waals surface area contributed by atoms with Crippen molar-refractivity contribution in [2.45, 2.75) is 19.9 Å². The van der Waals surface area contributed by atoms with Crippen LogP contribution in [0.2, 0.25) is 0 Å². The van der Waals surface area contributed by atoms with E-state index in [1.807, 2.05) is 13.8 Å². The number of rotatable bonds is 5. The Hall–Kier alpha value is -1.82. The van der Waals surface area contributed by atoms with E-state index in [9.17, 15) is 9.90 Å². The van der Waals surface area contributed by atoms with Gasteiger partial charge in [-0.15, -0.1) is 0 Å². The largest absolute Gasteiger partial charge is 0.504 e. The molecule has 104 valence electrons. The average molecular weight is 282 g/mol. The molecule has 0 aliphatic heterocycles. The molecule has 0 bridgehead atoms. The Morgan fingerprint density at radius 3 is 2.53 bits per heavy atom. The first kappa shape index (κ1) is 15.2. The summed E-state index contributed by atoms with van der Waals surface area (Å²) in [5.41, 5.74) is 5.91. The van der Waals surface area contributed by atoms with E-state index < -0.39 is 0 Å². The van der Waals surface area contributed by atoms with Crippen LogP contribution in [0.1, 0.15) is 24.2 Å². The summed E-state index contributed by atoms with van der Waals surface area (Å²) >= 11 is 4.92. The van der Waals surface area contributed by atoms with Gasteiger partial charge in [-0.2, -0.15) is 0 Å². The highest BCUT2D eigenvalue weighted by Gasteiger charge is 2.20. The number of thiocarbonyl (C=S) groups is 1. The Kier molecular flexibility index (Phi) is 5.11. The number of phenolic OH excluding ortho intramolecular Hbond substituents is 1. The first-order chi connectivity index (χ1) is 8.86. The third kappa shape index (κ3) is 3.82. The molecule has 0 saturated heterocycles. The molecule has 1 amide bonds. The van der Waals surface area contributed by atoms with Gasteiger partial charge in [0.2, 0.25) is 0 Å². The Morgan fingerprint density at radius 2 is 2.11 bits per heavy atom. The van der Waals surface area contributed by atoms with Crippen LogP contribution in [0, 0.1) is 5.92 Å². The van der Waals surface area contributed by atoms with E-state index in [-0.39, 0.29) is 28.6 Å². The van der Waals surface area contributed by atoms with Crippen molar-refractivity contribution in [2.75, 3.05) is 7.11 Å². The smallest absolute Gasteiger partial charge is 0.251 e. The first-order valence-electron chi connectivity index (χ1n) is 5.84. The Labute approximate surface area is 117 Å². The summed E-state index contributed by atoms with van der Waals surface area (Å²) in [7, 11) is 1.44. The molecule has 1 aromatic rings. The second-order valence-electron chi connectivity index (χ2n) is 4.48. The second-order valence-corrected chi connectivity index (χ2v) is 4.96. The summed E-state index contributed by atoms with van der Waals surface area (Å²) in [4.78, 5) is 12.3. The molecule has 0 aliphatic rings. The van der Waals surface area contributed by atoms with Crippen molar-refractivity contribution >= 4 is 23.1 Å². The van der Waals surface area contributed by atoms with Gasteiger partial charge >= 0.3 is 0 Å². The van der Waals surface area contributed by atoms with Crippen LogP contribution in [-0.4, -0.2) is 29.2 Å². The van der Waals surface area contributed by atoms with E-state index in [0.717, 1.165) is 0 Å². The summed E-state index contributed by atoms with van der Waals surface area (Å²) in [6.07, 6.45) is 0. The van der Waals surface area contributed by atoms with Crippen molar-refractivity contribution in [1.29, 1.82) is 0 Å². The van der Waals surface area contributed by atoms with Gasteiger partial charge < -0.3 is 20.9 Å². The van der Waals surface area contributed by atoms with Gasteiger partial charge in [0.1, 0.15) is 0 Å². The predicted molar refractivity (Wildman–Crippen MR) is 77.5 cm³/mol. The van der Waals surface area contributed by atoms with Gasteiger partial charge in [0.25, 0.3) is 5.91 Å². The maximum Gasteiger partial charge on any atom is 0.251 e. The summed E-state index contributed by atoms with van der Waals surface area (Å²) in [6, 6.07) is 4.04. The molecule has 0 aliphatic carbocycles. The molecule has 0 aromatic heterocycles. The molecule has 5 nitrogen and oxygen atoms in total. The maximum atomic E-state index is 12.0. The van der Waals surface area contributed by atoms with Crippen molar-refractivity contribution in [3.8, 4) is 11.5 Å². The Bertz CT molecular complexity index is 489. The fourth-order valence-electron chi connectivity index (χ4n) is 1.62. The third-order valence-corrected chi connectivity index (χ3v) is 2.95. The van der Waals surface area contributed by atoms with Crippen molar-refractivity contribution in [1.82, 2.24) is 5.32 Å². The minimum atomic E-state index is -0.383. The van der Waals surface area contributed by atoms with E-state index in [0.29, 0.717) is 11.3 Å². The topological polar surface area (TPSA) is 84.6 Å². The molecule has 1 unspecified atom stereocenters. The summed E-state index contributed by atoms with van der Waals surface area (Å²) in [6.45, 7) is 3.82. The fraction of sp³-hybridized carbons (Fsp3) is 0.385. The van der Waals surface area contributed by atoms with E-state index in [2.05, 4.69) is 5.32 Å². The SMILES string of the molecule is COc1ccc(C(=O)NC(C(N)=S)C(C)C)cc1O. The first-order valence-corrected chi connectivity index (χ1v) is 6.24. The number of carbonyl (C=O) groups excluding carboxylic acids is 1. The van der Waals surface area contributed by atoms with Crippen LogP contribution in [0.4, 0.5) is 0 Å². The van der Waals surface area contributed by atoms with Gasteiger partial charge in [0, 0.05) is 5.56 Å². The zero-order chi connectivity index (χ0) is 14.6. The number of hydrogen-bond acceptors (Lipinski definition) is 4. The highest BCUT2D eigenvalue weighted by Crippen LogP contribution is 2.26.